The minimum absolute atomic E-state index is 0.0149. The standard InChI is InChI=1S/C17H18BrN3O3/c1-11-4-3-5-13(6-11)19-10-16(22)21-20-9-12-7-14(18)17(23)15(8-12)24-2/h3-9,19,23H,10H2,1-2H3,(H,21,22)/b20-9-. The second-order valence-corrected chi connectivity index (χ2v) is 5.92. The molecule has 3 N–H and O–H groups in total. The van der Waals surface area contributed by atoms with Crippen LogP contribution in [0.25, 0.3) is 0 Å². The number of carbonyl (C=O) groups is 1. The highest BCUT2D eigenvalue weighted by Crippen LogP contribution is 2.34. The summed E-state index contributed by atoms with van der Waals surface area (Å²) in [5.41, 5.74) is 5.10. The lowest BCUT2D eigenvalue weighted by molar-refractivity contribution is -0.119. The van der Waals surface area contributed by atoms with Crippen LogP contribution in [0.3, 0.4) is 0 Å². The molecule has 0 atom stereocenters. The number of hydrazone groups is 1. The van der Waals surface area contributed by atoms with E-state index in [4.69, 9.17) is 4.74 Å². The Morgan fingerprint density at radius 3 is 2.88 bits per heavy atom. The van der Waals surface area contributed by atoms with Crippen LogP contribution in [0.15, 0.2) is 46.0 Å². The highest BCUT2D eigenvalue weighted by Gasteiger charge is 2.07. The Morgan fingerprint density at radius 1 is 1.38 bits per heavy atom. The molecule has 7 heteroatoms. The van der Waals surface area contributed by atoms with Crippen LogP contribution in [-0.4, -0.2) is 30.9 Å². The van der Waals surface area contributed by atoms with Gasteiger partial charge in [-0.15, -0.1) is 0 Å². The first-order chi connectivity index (χ1) is 11.5. The van der Waals surface area contributed by atoms with Gasteiger partial charge in [-0.1, -0.05) is 12.1 Å². The smallest absolute Gasteiger partial charge is 0.259 e. The Labute approximate surface area is 148 Å². The largest absolute Gasteiger partial charge is 0.503 e. The van der Waals surface area contributed by atoms with Crippen molar-refractivity contribution in [3.63, 3.8) is 0 Å². The summed E-state index contributed by atoms with van der Waals surface area (Å²) in [4.78, 5) is 11.8. The lowest BCUT2D eigenvalue weighted by Gasteiger charge is -2.07. The van der Waals surface area contributed by atoms with Gasteiger partial charge in [-0.05, 0) is 58.2 Å². The third kappa shape index (κ3) is 4.99. The number of phenolic OH excluding ortho intramolecular Hbond substituents is 1. The fourth-order valence-corrected chi connectivity index (χ4v) is 2.44. The molecule has 2 rings (SSSR count). The molecule has 2 aromatic carbocycles. The number of methoxy groups -OCH3 is 1. The molecule has 1 amide bonds. The van der Waals surface area contributed by atoms with Crippen molar-refractivity contribution >= 4 is 33.7 Å². The number of benzene rings is 2. The van der Waals surface area contributed by atoms with Gasteiger partial charge >= 0.3 is 0 Å². The number of hydrogen-bond acceptors (Lipinski definition) is 5. The molecule has 0 heterocycles. The number of phenols is 1. The zero-order valence-corrected chi connectivity index (χ0v) is 14.9. The quantitative estimate of drug-likeness (QED) is 0.521. The molecule has 126 valence electrons. The maximum atomic E-state index is 11.8. The van der Waals surface area contributed by atoms with E-state index in [0.717, 1.165) is 11.3 Å². The Hall–Kier alpha value is -2.54. The Morgan fingerprint density at radius 2 is 2.17 bits per heavy atom. The average Bonchev–Trinajstić information content (AvgIpc) is 2.56. The average molecular weight is 392 g/mol. The van der Waals surface area contributed by atoms with Gasteiger partial charge in [0.15, 0.2) is 11.5 Å². The fraction of sp³-hybridized carbons (Fsp3) is 0.176. The first kappa shape index (κ1) is 17.8. The maximum absolute atomic E-state index is 11.8. The van der Waals surface area contributed by atoms with Gasteiger partial charge in [-0.2, -0.15) is 5.10 Å². The van der Waals surface area contributed by atoms with Gasteiger partial charge < -0.3 is 15.2 Å². The zero-order valence-electron chi connectivity index (χ0n) is 13.3. The number of ether oxygens (including phenoxy) is 1. The van der Waals surface area contributed by atoms with E-state index < -0.39 is 0 Å². The van der Waals surface area contributed by atoms with E-state index in [-0.39, 0.29) is 18.2 Å². The van der Waals surface area contributed by atoms with Gasteiger partial charge in [0.1, 0.15) is 0 Å². The molecule has 0 saturated carbocycles. The number of halogens is 1. The predicted molar refractivity (Wildman–Crippen MR) is 97.8 cm³/mol. The second-order valence-electron chi connectivity index (χ2n) is 5.07. The molecule has 0 bridgehead atoms. The van der Waals surface area contributed by atoms with Crippen molar-refractivity contribution in [2.45, 2.75) is 6.92 Å². The molecule has 0 fully saturated rings. The molecule has 0 radical (unpaired) electrons. The zero-order chi connectivity index (χ0) is 17.5. The fourth-order valence-electron chi connectivity index (χ4n) is 1.98. The van der Waals surface area contributed by atoms with Crippen LogP contribution in [0.1, 0.15) is 11.1 Å². The molecule has 0 aliphatic carbocycles. The minimum atomic E-state index is -0.266. The first-order valence-electron chi connectivity index (χ1n) is 7.18. The van der Waals surface area contributed by atoms with Crippen LogP contribution in [0.5, 0.6) is 11.5 Å². The normalized spacial score (nSPS) is 10.6. The maximum Gasteiger partial charge on any atom is 0.259 e. The number of aromatic hydroxyl groups is 1. The van der Waals surface area contributed by atoms with E-state index in [2.05, 4.69) is 31.8 Å². The van der Waals surface area contributed by atoms with Crippen molar-refractivity contribution in [1.82, 2.24) is 5.43 Å². The summed E-state index contributed by atoms with van der Waals surface area (Å²) < 4.78 is 5.53. The number of anilines is 1. The van der Waals surface area contributed by atoms with E-state index in [1.807, 2.05) is 31.2 Å². The number of carbonyl (C=O) groups excluding carboxylic acids is 1. The Balaban J connectivity index is 1.89. The predicted octanol–water partition coefficient (Wildman–Crippen LogP) is 3.03. The monoisotopic (exact) mass is 391 g/mol. The second kappa shape index (κ2) is 8.35. The highest BCUT2D eigenvalue weighted by molar-refractivity contribution is 9.10. The van der Waals surface area contributed by atoms with Crippen molar-refractivity contribution in [2.75, 3.05) is 19.0 Å². The van der Waals surface area contributed by atoms with E-state index >= 15 is 0 Å². The van der Waals surface area contributed by atoms with Gasteiger partial charge in [-0.3, -0.25) is 4.79 Å². The SMILES string of the molecule is COc1cc(/C=N\NC(=O)CNc2cccc(C)c2)cc(Br)c1O. The van der Waals surface area contributed by atoms with Gasteiger partial charge in [0.2, 0.25) is 0 Å². The molecule has 0 unspecified atom stereocenters. The molecular formula is C17H18BrN3O3. The Kier molecular flexibility index (Phi) is 6.20. The molecule has 0 spiro atoms. The molecule has 24 heavy (non-hydrogen) atoms. The number of hydrogen-bond donors (Lipinski definition) is 3. The molecular weight excluding hydrogens is 374 g/mol. The molecule has 2 aromatic rings. The van der Waals surface area contributed by atoms with Crippen LogP contribution in [-0.2, 0) is 4.79 Å². The third-order valence-corrected chi connectivity index (χ3v) is 3.75. The number of nitrogens with zero attached hydrogens (tertiary/aromatic N) is 1. The molecule has 0 aliphatic rings. The van der Waals surface area contributed by atoms with Crippen molar-refractivity contribution < 1.29 is 14.6 Å². The summed E-state index contributed by atoms with van der Waals surface area (Å²) in [6.07, 6.45) is 1.47. The topological polar surface area (TPSA) is 83.0 Å². The van der Waals surface area contributed by atoms with Gasteiger partial charge in [0, 0.05) is 5.69 Å². The molecule has 6 nitrogen and oxygen atoms in total. The van der Waals surface area contributed by atoms with Crippen LogP contribution in [0.4, 0.5) is 5.69 Å². The van der Waals surface area contributed by atoms with Gasteiger partial charge in [0.25, 0.3) is 5.91 Å². The summed E-state index contributed by atoms with van der Waals surface area (Å²) in [5, 5.41) is 16.7. The molecule has 0 aromatic heterocycles. The number of amides is 1. The van der Waals surface area contributed by atoms with Crippen LogP contribution in [0.2, 0.25) is 0 Å². The van der Waals surface area contributed by atoms with Crippen molar-refractivity contribution in [1.29, 1.82) is 0 Å². The van der Waals surface area contributed by atoms with Crippen LogP contribution in [0, 0.1) is 6.92 Å². The summed E-state index contributed by atoms with van der Waals surface area (Å²) in [7, 11) is 1.46. The highest BCUT2D eigenvalue weighted by atomic mass is 79.9. The number of rotatable bonds is 6. The number of nitrogens with one attached hydrogen (secondary N) is 2. The van der Waals surface area contributed by atoms with Crippen LogP contribution >= 0.6 is 15.9 Å². The van der Waals surface area contributed by atoms with Crippen molar-refractivity contribution in [3.8, 4) is 11.5 Å². The van der Waals surface area contributed by atoms with Gasteiger partial charge in [-0.25, -0.2) is 5.43 Å². The summed E-state index contributed by atoms with van der Waals surface area (Å²) >= 11 is 3.23. The van der Waals surface area contributed by atoms with Crippen molar-refractivity contribution in [2.24, 2.45) is 5.10 Å². The summed E-state index contributed by atoms with van der Waals surface area (Å²) in [5.74, 6) is 0.0665. The lowest BCUT2D eigenvalue weighted by Crippen LogP contribution is -2.25. The minimum Gasteiger partial charge on any atom is -0.503 e. The van der Waals surface area contributed by atoms with E-state index in [1.165, 1.54) is 13.3 Å². The molecule has 0 aliphatic heterocycles. The first-order valence-corrected chi connectivity index (χ1v) is 7.98. The van der Waals surface area contributed by atoms with Gasteiger partial charge in [0.05, 0.1) is 24.3 Å². The van der Waals surface area contributed by atoms with E-state index in [1.54, 1.807) is 12.1 Å². The van der Waals surface area contributed by atoms with Crippen molar-refractivity contribution in [3.05, 3.63) is 52.0 Å². The summed E-state index contributed by atoms with van der Waals surface area (Å²) in [6.45, 7) is 2.10. The molecule has 0 saturated heterocycles. The Bertz CT molecular complexity index is 763. The third-order valence-electron chi connectivity index (χ3n) is 3.14. The lowest BCUT2D eigenvalue weighted by atomic mass is 10.2. The number of aryl methyl sites for hydroxylation is 1. The van der Waals surface area contributed by atoms with E-state index in [0.29, 0.717) is 15.8 Å². The van der Waals surface area contributed by atoms with Crippen LogP contribution < -0.4 is 15.5 Å². The van der Waals surface area contributed by atoms with E-state index in [9.17, 15) is 9.90 Å². The summed E-state index contributed by atoms with van der Waals surface area (Å²) in [6, 6.07) is 11.0.